The maximum absolute atomic E-state index is 15.5. The van der Waals surface area contributed by atoms with Gasteiger partial charge in [0, 0.05) is 12.5 Å². The molecule has 34 heavy (non-hydrogen) atoms. The predicted octanol–water partition coefficient (Wildman–Crippen LogP) is 4.12. The summed E-state index contributed by atoms with van der Waals surface area (Å²) in [5, 5.41) is 19.6. The van der Waals surface area contributed by atoms with Crippen LogP contribution in [0.3, 0.4) is 0 Å². The van der Waals surface area contributed by atoms with E-state index in [0.717, 1.165) is 37.9 Å². The number of alkyl halides is 2. The first kappa shape index (κ1) is 21.2. The molecule has 3 atom stereocenters. The maximum Gasteiger partial charge on any atom is 0.308 e. The van der Waals surface area contributed by atoms with Gasteiger partial charge in [-0.3, -0.25) is 9.89 Å². The van der Waals surface area contributed by atoms with Crippen LogP contribution >= 0.6 is 0 Å². The summed E-state index contributed by atoms with van der Waals surface area (Å²) in [7, 11) is 0. The molecule has 0 saturated heterocycles. The average molecular weight is 476 g/mol. The number of carboxylic acid groups (broad SMARTS) is 1. The first-order chi connectivity index (χ1) is 16.2. The molecule has 2 bridgehead atoms. The van der Waals surface area contributed by atoms with Gasteiger partial charge in [0.1, 0.15) is 11.5 Å². The lowest BCUT2D eigenvalue weighted by molar-refractivity contribution is -0.148. The number of halogens is 4. The van der Waals surface area contributed by atoms with Crippen LogP contribution in [-0.4, -0.2) is 48.2 Å². The predicted molar refractivity (Wildman–Crippen MR) is 111 cm³/mol. The normalized spacial score (nSPS) is 29.4. The van der Waals surface area contributed by atoms with Crippen molar-refractivity contribution in [2.45, 2.75) is 50.0 Å². The molecule has 7 rings (SSSR count). The summed E-state index contributed by atoms with van der Waals surface area (Å²) >= 11 is 0. The lowest BCUT2D eigenvalue weighted by Gasteiger charge is -2.47. The summed E-state index contributed by atoms with van der Waals surface area (Å²) in [4.78, 5) is 24.2. The van der Waals surface area contributed by atoms with Crippen molar-refractivity contribution in [1.82, 2.24) is 25.1 Å². The number of aromatic amines is 1. The highest BCUT2D eigenvalue weighted by Crippen LogP contribution is 2.56. The number of hydrogen-bond acceptors (Lipinski definition) is 6. The second-order valence-corrected chi connectivity index (χ2v) is 9.45. The van der Waals surface area contributed by atoms with Gasteiger partial charge in [-0.1, -0.05) is 0 Å². The average Bonchev–Trinajstić information content (AvgIpc) is 3.24. The molecular formula is C22H20F4N6O2. The molecule has 4 fully saturated rings. The van der Waals surface area contributed by atoms with Gasteiger partial charge >= 0.3 is 5.97 Å². The van der Waals surface area contributed by atoms with Crippen molar-refractivity contribution in [2.75, 3.05) is 5.32 Å². The van der Waals surface area contributed by atoms with Crippen LogP contribution in [0.2, 0.25) is 0 Å². The van der Waals surface area contributed by atoms with Crippen LogP contribution in [0.25, 0.3) is 22.6 Å². The molecule has 4 saturated carbocycles. The van der Waals surface area contributed by atoms with E-state index in [2.05, 4.69) is 30.5 Å². The van der Waals surface area contributed by atoms with Crippen molar-refractivity contribution in [3.63, 3.8) is 0 Å². The number of H-pyrrole nitrogens is 1. The van der Waals surface area contributed by atoms with Crippen LogP contribution in [0.5, 0.6) is 0 Å². The molecule has 4 aliphatic carbocycles. The van der Waals surface area contributed by atoms with E-state index in [1.807, 2.05) is 0 Å². The minimum absolute atomic E-state index is 0.000937. The largest absolute Gasteiger partial charge is 0.481 e. The van der Waals surface area contributed by atoms with Crippen molar-refractivity contribution in [1.29, 1.82) is 0 Å². The highest BCUT2D eigenvalue weighted by molar-refractivity contribution is 5.88. The summed E-state index contributed by atoms with van der Waals surface area (Å²) in [6.45, 7) is 0. The number of carboxylic acids is 1. The lowest BCUT2D eigenvalue weighted by atomic mass is 9.61. The number of fused-ring (bicyclic) bond motifs is 4. The zero-order chi connectivity index (χ0) is 23.8. The maximum atomic E-state index is 15.5. The number of pyridine rings is 1. The van der Waals surface area contributed by atoms with Crippen LogP contribution in [0.15, 0.2) is 12.3 Å². The molecule has 0 aromatic carbocycles. The molecule has 3 N–H and O–H groups in total. The minimum Gasteiger partial charge on any atom is -0.481 e. The van der Waals surface area contributed by atoms with E-state index in [1.165, 1.54) is 0 Å². The van der Waals surface area contributed by atoms with Crippen LogP contribution in [0.4, 0.5) is 23.4 Å². The number of aromatic nitrogens is 5. The molecular weight excluding hydrogens is 456 g/mol. The van der Waals surface area contributed by atoms with Crippen molar-refractivity contribution in [2.24, 2.45) is 17.8 Å². The third kappa shape index (κ3) is 3.30. The molecule has 0 aliphatic heterocycles. The Morgan fingerprint density at radius 3 is 2.53 bits per heavy atom. The Hall–Kier alpha value is -3.31. The molecule has 8 nitrogen and oxygen atoms in total. The smallest absolute Gasteiger partial charge is 0.308 e. The van der Waals surface area contributed by atoms with Crippen molar-refractivity contribution < 1.29 is 27.5 Å². The topological polar surface area (TPSA) is 117 Å². The molecule has 3 aromatic heterocycles. The zero-order valence-electron chi connectivity index (χ0n) is 17.7. The Labute approximate surface area is 190 Å². The molecule has 3 aromatic rings. The number of carbonyl (C=O) groups is 1. The summed E-state index contributed by atoms with van der Waals surface area (Å²) in [5.41, 5.74) is -0.194. The van der Waals surface area contributed by atoms with E-state index in [1.54, 1.807) is 0 Å². The summed E-state index contributed by atoms with van der Waals surface area (Å²) < 4.78 is 57.1. The zero-order valence-corrected chi connectivity index (χ0v) is 17.7. The van der Waals surface area contributed by atoms with Crippen molar-refractivity contribution in [3.05, 3.63) is 29.6 Å². The standard InChI is InChI=1S/C22H20F4N6O2/c23-10-5-11-16(31-32-18(11)27-7-10)20-29-17(12-6-22(12,25)26)14(24)19(30-20)28-15-9-3-1-8(2-4-9)13(15)21(33)34/h5,7-9,12-13,15H,1-4,6H2,(H,33,34)(H,27,31,32)(H,28,29,30). The second kappa shape index (κ2) is 7.34. The fourth-order valence-electron chi connectivity index (χ4n) is 5.63. The van der Waals surface area contributed by atoms with Gasteiger partial charge < -0.3 is 10.4 Å². The van der Waals surface area contributed by atoms with Gasteiger partial charge in [-0.05, 0) is 43.6 Å². The number of hydrogen-bond donors (Lipinski definition) is 3. The van der Waals surface area contributed by atoms with Crippen LogP contribution in [-0.2, 0) is 4.79 Å². The molecule has 0 spiro atoms. The molecule has 3 unspecified atom stereocenters. The van der Waals surface area contributed by atoms with Gasteiger partial charge in [0.2, 0.25) is 0 Å². The Balaban J connectivity index is 1.46. The van der Waals surface area contributed by atoms with Crippen LogP contribution in [0, 0.1) is 29.4 Å². The van der Waals surface area contributed by atoms with E-state index >= 15 is 4.39 Å². The van der Waals surface area contributed by atoms with E-state index in [-0.39, 0.29) is 40.2 Å². The molecule has 0 amide bonds. The monoisotopic (exact) mass is 476 g/mol. The number of nitrogens with one attached hydrogen (secondary N) is 2. The van der Waals surface area contributed by atoms with Crippen LogP contribution < -0.4 is 5.32 Å². The van der Waals surface area contributed by atoms with E-state index in [9.17, 15) is 23.1 Å². The third-order valence-corrected chi connectivity index (χ3v) is 7.44. The van der Waals surface area contributed by atoms with Gasteiger partial charge in [0.05, 0.1) is 29.1 Å². The summed E-state index contributed by atoms with van der Waals surface area (Å²) in [6, 6.07) is 0.555. The first-order valence-corrected chi connectivity index (χ1v) is 11.2. The Morgan fingerprint density at radius 1 is 1.15 bits per heavy atom. The van der Waals surface area contributed by atoms with Gasteiger partial charge in [0.15, 0.2) is 23.1 Å². The highest BCUT2D eigenvalue weighted by Gasteiger charge is 2.60. The summed E-state index contributed by atoms with van der Waals surface area (Å²) in [6.07, 6.45) is 3.60. The lowest BCUT2D eigenvalue weighted by Crippen LogP contribution is -2.51. The molecule has 0 radical (unpaired) electrons. The molecule has 178 valence electrons. The Morgan fingerprint density at radius 2 is 1.85 bits per heavy atom. The van der Waals surface area contributed by atoms with Gasteiger partial charge in [0.25, 0.3) is 5.92 Å². The quantitative estimate of drug-likeness (QED) is 0.475. The van der Waals surface area contributed by atoms with Gasteiger partial charge in [-0.25, -0.2) is 32.5 Å². The van der Waals surface area contributed by atoms with E-state index in [4.69, 9.17) is 0 Å². The SMILES string of the molecule is O=C(O)C1C2CCC(CC2)C1Nc1nc(-c2[nH]nc3ncc(F)cc23)nc(C2CC2(F)F)c1F. The fraction of sp³-hybridized carbons (Fsp3) is 0.500. The molecule has 3 heterocycles. The second-order valence-electron chi connectivity index (χ2n) is 9.45. The Bertz CT molecular complexity index is 1310. The van der Waals surface area contributed by atoms with Gasteiger partial charge in [-0.2, -0.15) is 5.10 Å². The number of aliphatic carboxylic acids is 1. The fourth-order valence-corrected chi connectivity index (χ4v) is 5.63. The number of anilines is 1. The van der Waals surface area contributed by atoms with Crippen LogP contribution in [0.1, 0.15) is 43.7 Å². The minimum atomic E-state index is -3.10. The molecule has 12 heteroatoms. The number of nitrogens with zero attached hydrogens (tertiary/aromatic N) is 4. The highest BCUT2D eigenvalue weighted by atomic mass is 19.3. The van der Waals surface area contributed by atoms with E-state index in [0.29, 0.717) is 0 Å². The van der Waals surface area contributed by atoms with Crippen molar-refractivity contribution >= 4 is 22.8 Å². The number of rotatable bonds is 5. The third-order valence-electron chi connectivity index (χ3n) is 7.44. The van der Waals surface area contributed by atoms with Gasteiger partial charge in [-0.15, -0.1) is 0 Å². The van der Waals surface area contributed by atoms with Crippen molar-refractivity contribution in [3.8, 4) is 11.5 Å². The van der Waals surface area contributed by atoms with E-state index < -0.39 is 53.5 Å². The summed E-state index contributed by atoms with van der Waals surface area (Å²) in [5.74, 6) is -8.42. The Kier molecular flexibility index (Phi) is 4.59. The first-order valence-electron chi connectivity index (χ1n) is 11.2. The molecule has 4 aliphatic rings.